The Morgan fingerprint density at radius 2 is 2.00 bits per heavy atom. The van der Waals surface area contributed by atoms with Crippen molar-refractivity contribution >= 4 is 0 Å². The SMILES string of the molecule is CC(CC1CC1)NC(CO)c1ccccc1. The van der Waals surface area contributed by atoms with Gasteiger partial charge in [-0.15, -0.1) is 0 Å². The van der Waals surface area contributed by atoms with Gasteiger partial charge < -0.3 is 10.4 Å². The van der Waals surface area contributed by atoms with Crippen LogP contribution in [0.1, 0.15) is 37.8 Å². The summed E-state index contributed by atoms with van der Waals surface area (Å²) < 4.78 is 0. The molecule has 2 unspecified atom stereocenters. The number of nitrogens with one attached hydrogen (secondary N) is 1. The zero-order valence-electron chi connectivity index (χ0n) is 9.89. The second-order valence-corrected chi connectivity index (χ2v) is 4.89. The Morgan fingerprint density at radius 1 is 1.31 bits per heavy atom. The van der Waals surface area contributed by atoms with E-state index in [1.807, 2.05) is 18.2 Å². The highest BCUT2D eigenvalue weighted by atomic mass is 16.3. The van der Waals surface area contributed by atoms with Crippen LogP contribution in [0.5, 0.6) is 0 Å². The number of aliphatic hydroxyl groups is 1. The third-order valence-corrected chi connectivity index (χ3v) is 3.25. The molecule has 2 heteroatoms. The lowest BCUT2D eigenvalue weighted by atomic mass is 10.1. The minimum Gasteiger partial charge on any atom is -0.394 e. The van der Waals surface area contributed by atoms with Gasteiger partial charge in [0.1, 0.15) is 0 Å². The van der Waals surface area contributed by atoms with Crippen molar-refractivity contribution in [3.8, 4) is 0 Å². The first kappa shape index (κ1) is 11.6. The second-order valence-electron chi connectivity index (χ2n) is 4.89. The van der Waals surface area contributed by atoms with E-state index in [4.69, 9.17) is 0 Å². The lowest BCUT2D eigenvalue weighted by molar-refractivity contribution is 0.232. The average molecular weight is 219 g/mol. The van der Waals surface area contributed by atoms with E-state index in [2.05, 4.69) is 24.4 Å². The normalized spacial score (nSPS) is 19.4. The number of hydrogen-bond acceptors (Lipinski definition) is 2. The maximum absolute atomic E-state index is 9.42. The molecule has 0 radical (unpaired) electrons. The predicted molar refractivity (Wildman–Crippen MR) is 66.2 cm³/mol. The van der Waals surface area contributed by atoms with E-state index in [0.717, 1.165) is 5.92 Å². The van der Waals surface area contributed by atoms with E-state index in [1.165, 1.54) is 24.8 Å². The summed E-state index contributed by atoms with van der Waals surface area (Å²) in [5, 5.41) is 12.9. The molecule has 0 amide bonds. The number of hydrogen-bond donors (Lipinski definition) is 2. The summed E-state index contributed by atoms with van der Waals surface area (Å²) in [6, 6.07) is 10.7. The van der Waals surface area contributed by atoms with Crippen LogP contribution in [-0.4, -0.2) is 17.8 Å². The molecule has 0 spiro atoms. The van der Waals surface area contributed by atoms with Gasteiger partial charge in [-0.2, -0.15) is 0 Å². The Kier molecular flexibility index (Phi) is 3.97. The molecule has 16 heavy (non-hydrogen) atoms. The van der Waals surface area contributed by atoms with E-state index in [9.17, 15) is 5.11 Å². The Hall–Kier alpha value is -0.860. The van der Waals surface area contributed by atoms with E-state index in [0.29, 0.717) is 6.04 Å². The van der Waals surface area contributed by atoms with Gasteiger partial charge in [-0.1, -0.05) is 43.2 Å². The standard InChI is InChI=1S/C14H21NO/c1-11(9-12-7-8-12)15-14(10-16)13-5-3-2-4-6-13/h2-6,11-12,14-16H,7-10H2,1H3. The summed E-state index contributed by atoms with van der Waals surface area (Å²) in [5.41, 5.74) is 1.17. The molecule has 2 rings (SSSR count). The van der Waals surface area contributed by atoms with Crippen molar-refractivity contribution in [2.24, 2.45) is 5.92 Å². The molecule has 0 saturated heterocycles. The average Bonchev–Trinajstić information content (AvgIpc) is 3.11. The van der Waals surface area contributed by atoms with Crippen LogP contribution < -0.4 is 5.32 Å². The highest BCUT2D eigenvalue weighted by Crippen LogP contribution is 2.33. The van der Waals surface area contributed by atoms with Crippen LogP contribution in [-0.2, 0) is 0 Å². The molecule has 1 saturated carbocycles. The number of aliphatic hydroxyl groups excluding tert-OH is 1. The fraction of sp³-hybridized carbons (Fsp3) is 0.571. The van der Waals surface area contributed by atoms with E-state index in [1.54, 1.807) is 0 Å². The van der Waals surface area contributed by atoms with Gasteiger partial charge in [-0.3, -0.25) is 0 Å². The van der Waals surface area contributed by atoms with Crippen LogP contribution >= 0.6 is 0 Å². The van der Waals surface area contributed by atoms with Crippen LogP contribution in [0.15, 0.2) is 30.3 Å². The Balaban J connectivity index is 1.89. The lowest BCUT2D eigenvalue weighted by Gasteiger charge is -2.22. The van der Waals surface area contributed by atoms with E-state index >= 15 is 0 Å². The Labute approximate surface area is 97.7 Å². The Bertz CT molecular complexity index is 308. The maximum atomic E-state index is 9.42. The van der Waals surface area contributed by atoms with Crippen LogP contribution in [0.3, 0.4) is 0 Å². The van der Waals surface area contributed by atoms with Gasteiger partial charge in [0, 0.05) is 6.04 Å². The molecule has 0 aliphatic heterocycles. The van der Waals surface area contributed by atoms with Crippen molar-refractivity contribution in [3.63, 3.8) is 0 Å². The van der Waals surface area contributed by atoms with Crippen molar-refractivity contribution in [2.45, 2.75) is 38.3 Å². The van der Waals surface area contributed by atoms with Gasteiger partial charge in [-0.25, -0.2) is 0 Å². The minimum atomic E-state index is 0.0787. The smallest absolute Gasteiger partial charge is 0.0626 e. The topological polar surface area (TPSA) is 32.3 Å². The molecule has 0 aromatic heterocycles. The lowest BCUT2D eigenvalue weighted by Crippen LogP contribution is -2.32. The van der Waals surface area contributed by atoms with Crippen molar-refractivity contribution < 1.29 is 5.11 Å². The van der Waals surface area contributed by atoms with Crippen molar-refractivity contribution in [1.29, 1.82) is 0 Å². The molecule has 1 aliphatic carbocycles. The maximum Gasteiger partial charge on any atom is 0.0626 e. The second kappa shape index (κ2) is 5.46. The molecule has 0 heterocycles. The highest BCUT2D eigenvalue weighted by molar-refractivity contribution is 5.19. The minimum absolute atomic E-state index is 0.0787. The van der Waals surface area contributed by atoms with Gasteiger partial charge in [-0.05, 0) is 24.8 Å². The van der Waals surface area contributed by atoms with E-state index in [-0.39, 0.29) is 12.6 Å². The molecule has 2 N–H and O–H groups in total. The summed E-state index contributed by atoms with van der Waals surface area (Å²) in [6.45, 7) is 2.38. The third kappa shape index (κ3) is 3.32. The molecule has 2 atom stereocenters. The zero-order chi connectivity index (χ0) is 11.4. The van der Waals surface area contributed by atoms with Gasteiger partial charge in [0.25, 0.3) is 0 Å². The van der Waals surface area contributed by atoms with Gasteiger partial charge in [0.15, 0.2) is 0 Å². The quantitative estimate of drug-likeness (QED) is 0.770. The largest absolute Gasteiger partial charge is 0.394 e. The first-order valence-corrected chi connectivity index (χ1v) is 6.21. The fourth-order valence-electron chi connectivity index (χ4n) is 2.20. The zero-order valence-corrected chi connectivity index (χ0v) is 9.89. The number of benzene rings is 1. The highest BCUT2D eigenvalue weighted by Gasteiger charge is 2.24. The van der Waals surface area contributed by atoms with E-state index < -0.39 is 0 Å². The summed E-state index contributed by atoms with van der Waals surface area (Å²) in [7, 11) is 0. The molecular weight excluding hydrogens is 198 g/mol. The van der Waals surface area contributed by atoms with Gasteiger partial charge in [0.05, 0.1) is 12.6 Å². The van der Waals surface area contributed by atoms with Gasteiger partial charge in [0.2, 0.25) is 0 Å². The molecule has 1 aliphatic rings. The summed E-state index contributed by atoms with van der Waals surface area (Å²) >= 11 is 0. The summed E-state index contributed by atoms with van der Waals surface area (Å²) in [6.07, 6.45) is 4.02. The molecule has 88 valence electrons. The van der Waals surface area contributed by atoms with Gasteiger partial charge >= 0.3 is 0 Å². The predicted octanol–water partition coefficient (Wildman–Crippen LogP) is 2.50. The monoisotopic (exact) mass is 219 g/mol. The molecular formula is C14H21NO. The Morgan fingerprint density at radius 3 is 2.56 bits per heavy atom. The molecule has 2 nitrogen and oxygen atoms in total. The van der Waals surface area contributed by atoms with Crippen molar-refractivity contribution in [1.82, 2.24) is 5.32 Å². The fourth-order valence-corrected chi connectivity index (χ4v) is 2.20. The third-order valence-electron chi connectivity index (χ3n) is 3.25. The molecule has 1 aromatic carbocycles. The molecule has 0 bridgehead atoms. The van der Waals surface area contributed by atoms with Crippen LogP contribution in [0.4, 0.5) is 0 Å². The van der Waals surface area contributed by atoms with Crippen LogP contribution in [0.25, 0.3) is 0 Å². The first-order valence-electron chi connectivity index (χ1n) is 6.21. The van der Waals surface area contributed by atoms with Crippen molar-refractivity contribution in [3.05, 3.63) is 35.9 Å². The summed E-state index contributed by atoms with van der Waals surface area (Å²) in [5.74, 6) is 0.928. The first-order chi connectivity index (χ1) is 7.79. The number of rotatable bonds is 6. The van der Waals surface area contributed by atoms with Crippen LogP contribution in [0, 0.1) is 5.92 Å². The molecule has 1 fully saturated rings. The van der Waals surface area contributed by atoms with Crippen molar-refractivity contribution in [2.75, 3.05) is 6.61 Å². The molecule has 1 aromatic rings. The van der Waals surface area contributed by atoms with Crippen LogP contribution in [0.2, 0.25) is 0 Å². The summed E-state index contributed by atoms with van der Waals surface area (Å²) in [4.78, 5) is 0.